The number of hydrogen-bond acceptors (Lipinski definition) is 4. The van der Waals surface area contributed by atoms with Gasteiger partial charge in [0.1, 0.15) is 11.6 Å². The molecule has 0 radical (unpaired) electrons. The first kappa shape index (κ1) is 14.7. The van der Waals surface area contributed by atoms with E-state index < -0.39 is 0 Å². The predicted octanol–water partition coefficient (Wildman–Crippen LogP) is 3.64. The van der Waals surface area contributed by atoms with Gasteiger partial charge >= 0.3 is 0 Å². The van der Waals surface area contributed by atoms with Crippen LogP contribution in [0, 0.1) is 11.7 Å². The van der Waals surface area contributed by atoms with Crippen LogP contribution in [0.4, 0.5) is 9.39 Å². The number of H-pyrrole nitrogens is 1. The van der Waals surface area contributed by atoms with E-state index in [1.807, 2.05) is 0 Å². The maximum Gasteiger partial charge on any atom is 0.148 e. The molecule has 3 heterocycles. The molecule has 3 aromatic rings. The molecule has 1 atom stereocenters. The summed E-state index contributed by atoms with van der Waals surface area (Å²) in [5.41, 5.74) is 1.49. The van der Waals surface area contributed by atoms with Crippen LogP contribution in [0.2, 0.25) is 0 Å². The van der Waals surface area contributed by atoms with Gasteiger partial charge in [0.15, 0.2) is 0 Å². The van der Waals surface area contributed by atoms with E-state index in [1.54, 1.807) is 17.4 Å². The summed E-state index contributed by atoms with van der Waals surface area (Å²) in [7, 11) is 0. The van der Waals surface area contributed by atoms with E-state index in [1.165, 1.54) is 17.1 Å². The second-order valence-electron chi connectivity index (χ2n) is 6.02. The number of aromatic amines is 1. The van der Waals surface area contributed by atoms with Gasteiger partial charge in [0.2, 0.25) is 0 Å². The Balaban J connectivity index is 1.61. The van der Waals surface area contributed by atoms with Gasteiger partial charge in [0.25, 0.3) is 0 Å². The molecule has 6 heteroatoms. The number of hydrogen-bond donors (Lipinski definition) is 2. The molecule has 2 aromatic heterocycles. The molecule has 23 heavy (non-hydrogen) atoms. The maximum absolute atomic E-state index is 13.3. The van der Waals surface area contributed by atoms with Crippen molar-refractivity contribution < 1.29 is 9.50 Å². The first-order valence-corrected chi connectivity index (χ1v) is 8.66. The average molecular weight is 331 g/mol. The molecule has 0 spiro atoms. The van der Waals surface area contributed by atoms with Gasteiger partial charge in [-0.15, -0.1) is 11.3 Å². The number of aliphatic hydroxyl groups excluding tert-OH is 1. The van der Waals surface area contributed by atoms with E-state index in [-0.39, 0.29) is 12.4 Å². The third-order valence-corrected chi connectivity index (χ3v) is 5.51. The number of fused-ring (bicyclic) bond motifs is 1. The van der Waals surface area contributed by atoms with Gasteiger partial charge in [0.05, 0.1) is 20.9 Å². The normalized spacial score (nSPS) is 18.7. The maximum atomic E-state index is 13.3. The Morgan fingerprint density at radius 1 is 1.35 bits per heavy atom. The fraction of sp³-hybridized carbons (Fsp3) is 0.353. The van der Waals surface area contributed by atoms with Gasteiger partial charge in [-0.25, -0.2) is 9.37 Å². The monoisotopic (exact) mass is 331 g/mol. The summed E-state index contributed by atoms with van der Waals surface area (Å²) in [4.78, 5) is 11.1. The predicted molar refractivity (Wildman–Crippen MR) is 91.4 cm³/mol. The molecule has 4 nitrogen and oxygen atoms in total. The molecule has 1 aliphatic rings. The van der Waals surface area contributed by atoms with Gasteiger partial charge in [-0.05, 0) is 43.0 Å². The van der Waals surface area contributed by atoms with Crippen LogP contribution in [0.15, 0.2) is 30.3 Å². The van der Waals surface area contributed by atoms with Crippen molar-refractivity contribution in [1.82, 2.24) is 9.97 Å². The number of nitrogens with one attached hydrogen (secondary N) is 1. The van der Waals surface area contributed by atoms with Crippen molar-refractivity contribution in [2.75, 3.05) is 24.6 Å². The molecule has 0 bridgehead atoms. The molecule has 1 aromatic carbocycles. The summed E-state index contributed by atoms with van der Waals surface area (Å²) in [6, 6.07) is 8.75. The number of rotatable bonds is 3. The standard InChI is InChI=1S/C17H18FN3OS/c18-12-3-4-13-14(8-12)20-17(19-13)15-5-6-16(23-15)21-7-1-2-11(9-21)10-22/h3-6,8,11,22H,1-2,7,9-10H2,(H,19,20). The summed E-state index contributed by atoms with van der Waals surface area (Å²) in [6.07, 6.45) is 2.21. The van der Waals surface area contributed by atoms with Crippen molar-refractivity contribution in [3.63, 3.8) is 0 Å². The summed E-state index contributed by atoms with van der Waals surface area (Å²) in [6.45, 7) is 2.19. The summed E-state index contributed by atoms with van der Waals surface area (Å²) >= 11 is 1.68. The summed E-state index contributed by atoms with van der Waals surface area (Å²) in [5, 5.41) is 10.6. The van der Waals surface area contributed by atoms with Crippen LogP contribution in [0.1, 0.15) is 12.8 Å². The van der Waals surface area contributed by atoms with Crippen LogP contribution in [0.25, 0.3) is 21.7 Å². The van der Waals surface area contributed by atoms with Crippen molar-refractivity contribution >= 4 is 27.4 Å². The van der Waals surface area contributed by atoms with Gasteiger partial charge in [-0.1, -0.05) is 0 Å². The fourth-order valence-electron chi connectivity index (χ4n) is 3.13. The van der Waals surface area contributed by atoms with Gasteiger partial charge in [-0.2, -0.15) is 0 Å². The van der Waals surface area contributed by atoms with Crippen molar-refractivity contribution in [1.29, 1.82) is 0 Å². The molecular formula is C17H18FN3OS. The van der Waals surface area contributed by atoms with E-state index in [2.05, 4.69) is 27.0 Å². The van der Waals surface area contributed by atoms with Crippen LogP contribution >= 0.6 is 11.3 Å². The smallest absolute Gasteiger partial charge is 0.148 e. The first-order chi connectivity index (χ1) is 11.2. The lowest BCUT2D eigenvalue weighted by Gasteiger charge is -2.32. The molecule has 4 rings (SSSR count). The van der Waals surface area contributed by atoms with Crippen LogP contribution in [-0.4, -0.2) is 34.8 Å². The molecule has 0 amide bonds. The third kappa shape index (κ3) is 2.84. The number of piperidine rings is 1. The zero-order chi connectivity index (χ0) is 15.8. The highest BCUT2D eigenvalue weighted by atomic mass is 32.1. The van der Waals surface area contributed by atoms with Gasteiger partial charge in [0, 0.05) is 25.8 Å². The summed E-state index contributed by atoms with van der Waals surface area (Å²) in [5.74, 6) is 0.867. The van der Waals surface area contributed by atoms with Crippen LogP contribution in [0.3, 0.4) is 0 Å². The number of aromatic nitrogens is 2. The average Bonchev–Trinajstić information content (AvgIpc) is 3.21. The minimum Gasteiger partial charge on any atom is -0.396 e. The van der Waals surface area contributed by atoms with Crippen molar-refractivity contribution in [2.45, 2.75) is 12.8 Å². The first-order valence-electron chi connectivity index (χ1n) is 7.84. The van der Waals surface area contributed by atoms with Gasteiger partial charge in [-0.3, -0.25) is 0 Å². The minimum atomic E-state index is -0.272. The highest BCUT2D eigenvalue weighted by molar-refractivity contribution is 7.19. The molecule has 1 unspecified atom stereocenters. The van der Waals surface area contributed by atoms with E-state index in [9.17, 15) is 9.50 Å². The summed E-state index contributed by atoms with van der Waals surface area (Å²) < 4.78 is 13.3. The lowest BCUT2D eigenvalue weighted by Crippen LogP contribution is -2.36. The third-order valence-electron chi connectivity index (χ3n) is 4.36. The zero-order valence-electron chi connectivity index (χ0n) is 12.6. The largest absolute Gasteiger partial charge is 0.396 e. The lowest BCUT2D eigenvalue weighted by molar-refractivity contribution is 0.209. The Morgan fingerprint density at radius 2 is 2.26 bits per heavy atom. The van der Waals surface area contributed by atoms with Crippen molar-refractivity contribution in [2.24, 2.45) is 5.92 Å². The molecule has 0 aliphatic carbocycles. The molecule has 1 aliphatic heterocycles. The SMILES string of the molecule is OCC1CCCN(c2ccc(-c3nc4cc(F)ccc4[nH]3)s2)C1. The van der Waals surface area contributed by atoms with E-state index in [4.69, 9.17) is 0 Å². The molecule has 2 N–H and O–H groups in total. The number of thiophene rings is 1. The van der Waals surface area contributed by atoms with Crippen LogP contribution < -0.4 is 4.90 Å². The Labute approximate surface area is 137 Å². The quantitative estimate of drug-likeness (QED) is 0.770. The molecule has 0 saturated carbocycles. The van der Waals surface area contributed by atoms with E-state index in [0.29, 0.717) is 11.4 Å². The lowest BCUT2D eigenvalue weighted by atomic mass is 9.99. The second kappa shape index (κ2) is 5.94. The van der Waals surface area contributed by atoms with E-state index >= 15 is 0 Å². The fourth-order valence-corrected chi connectivity index (χ4v) is 4.12. The van der Waals surface area contributed by atoms with Crippen LogP contribution in [0.5, 0.6) is 0 Å². The second-order valence-corrected chi connectivity index (χ2v) is 7.08. The number of anilines is 1. The number of nitrogens with zero attached hydrogens (tertiary/aromatic N) is 2. The number of halogens is 1. The van der Waals surface area contributed by atoms with Crippen LogP contribution in [-0.2, 0) is 0 Å². The Hall–Kier alpha value is -1.92. The van der Waals surface area contributed by atoms with Gasteiger partial charge < -0.3 is 15.0 Å². The number of aliphatic hydroxyl groups is 1. The Morgan fingerprint density at radius 3 is 3.13 bits per heavy atom. The highest BCUT2D eigenvalue weighted by Crippen LogP contribution is 2.35. The number of imidazole rings is 1. The Bertz CT molecular complexity index is 828. The van der Waals surface area contributed by atoms with E-state index in [0.717, 1.165) is 42.1 Å². The van der Waals surface area contributed by atoms with Crippen molar-refractivity contribution in [3.05, 3.63) is 36.1 Å². The molecule has 1 saturated heterocycles. The highest BCUT2D eigenvalue weighted by Gasteiger charge is 2.21. The van der Waals surface area contributed by atoms with Crippen molar-refractivity contribution in [3.8, 4) is 10.7 Å². The molecule has 120 valence electrons. The molecule has 1 fully saturated rings. The molecular weight excluding hydrogens is 313 g/mol. The number of benzene rings is 1. The topological polar surface area (TPSA) is 52.1 Å². The minimum absolute atomic E-state index is 0.254. The zero-order valence-corrected chi connectivity index (χ0v) is 13.4. The Kier molecular flexibility index (Phi) is 3.79.